The van der Waals surface area contributed by atoms with E-state index in [0.29, 0.717) is 37.9 Å². The number of anilines is 3. The summed E-state index contributed by atoms with van der Waals surface area (Å²) in [6.45, 7) is 6.77. The molecule has 1 amide bonds. The quantitative estimate of drug-likeness (QED) is 0.751. The van der Waals surface area contributed by atoms with Crippen LogP contribution >= 0.6 is 0 Å². The minimum atomic E-state index is -0.0734. The van der Waals surface area contributed by atoms with Crippen molar-refractivity contribution in [2.24, 2.45) is 0 Å². The Kier molecular flexibility index (Phi) is 4.97. The summed E-state index contributed by atoms with van der Waals surface area (Å²) < 4.78 is 5.21. The van der Waals surface area contributed by atoms with Gasteiger partial charge in [0.05, 0.1) is 6.26 Å². The molecule has 2 aromatic heterocycles. The zero-order valence-corrected chi connectivity index (χ0v) is 16.1. The molecule has 0 aliphatic carbocycles. The fourth-order valence-corrected chi connectivity index (χ4v) is 3.20. The lowest BCUT2D eigenvalue weighted by Gasteiger charge is -2.34. The number of nitrogens with one attached hydrogen (secondary N) is 1. The molecule has 0 spiro atoms. The third-order valence-electron chi connectivity index (χ3n) is 5.00. The molecule has 4 rings (SSSR count). The standard InChI is InChI=1S/C21H23N5O2/c1-15-5-6-17(14-16(15)2)23-19-7-8-22-21(24-19)26-11-9-25(10-12-26)20(27)18-4-3-13-28-18/h3-8,13-14H,9-12H2,1-2H3,(H,22,23,24). The number of rotatable bonds is 4. The van der Waals surface area contributed by atoms with E-state index < -0.39 is 0 Å². The molecule has 0 saturated carbocycles. The van der Waals surface area contributed by atoms with Gasteiger partial charge >= 0.3 is 0 Å². The molecule has 0 atom stereocenters. The molecule has 1 aliphatic rings. The van der Waals surface area contributed by atoms with Gasteiger partial charge in [-0.25, -0.2) is 4.98 Å². The first-order chi connectivity index (χ1) is 13.6. The van der Waals surface area contributed by atoms with E-state index in [-0.39, 0.29) is 5.91 Å². The van der Waals surface area contributed by atoms with E-state index in [1.807, 2.05) is 12.1 Å². The molecule has 1 aromatic carbocycles. The first-order valence-corrected chi connectivity index (χ1v) is 9.35. The van der Waals surface area contributed by atoms with Crippen molar-refractivity contribution in [2.45, 2.75) is 13.8 Å². The number of hydrogen-bond acceptors (Lipinski definition) is 6. The molecule has 28 heavy (non-hydrogen) atoms. The molecule has 0 radical (unpaired) electrons. The lowest BCUT2D eigenvalue weighted by molar-refractivity contribution is 0.0714. The smallest absolute Gasteiger partial charge is 0.289 e. The van der Waals surface area contributed by atoms with Crippen LogP contribution in [0.4, 0.5) is 17.5 Å². The van der Waals surface area contributed by atoms with Gasteiger partial charge in [-0.3, -0.25) is 4.79 Å². The van der Waals surface area contributed by atoms with E-state index in [1.54, 1.807) is 23.2 Å². The van der Waals surface area contributed by atoms with Crippen molar-refractivity contribution >= 4 is 23.4 Å². The highest BCUT2D eigenvalue weighted by Crippen LogP contribution is 2.20. The fourth-order valence-electron chi connectivity index (χ4n) is 3.20. The normalized spacial score (nSPS) is 14.2. The summed E-state index contributed by atoms with van der Waals surface area (Å²) >= 11 is 0. The van der Waals surface area contributed by atoms with Gasteiger partial charge in [-0.05, 0) is 55.3 Å². The predicted octanol–water partition coefficient (Wildman–Crippen LogP) is 3.39. The van der Waals surface area contributed by atoms with Crippen LogP contribution in [-0.4, -0.2) is 47.0 Å². The summed E-state index contributed by atoms with van der Waals surface area (Å²) in [5.74, 6) is 1.72. The molecule has 3 heterocycles. The van der Waals surface area contributed by atoms with E-state index in [2.05, 4.69) is 46.2 Å². The van der Waals surface area contributed by atoms with Crippen LogP contribution in [0.2, 0.25) is 0 Å². The number of aromatic nitrogens is 2. The monoisotopic (exact) mass is 377 g/mol. The third kappa shape index (κ3) is 3.83. The highest BCUT2D eigenvalue weighted by Gasteiger charge is 2.24. The van der Waals surface area contributed by atoms with E-state index in [9.17, 15) is 4.79 Å². The average Bonchev–Trinajstić information content (AvgIpc) is 3.25. The highest BCUT2D eigenvalue weighted by molar-refractivity contribution is 5.91. The number of amides is 1. The van der Waals surface area contributed by atoms with E-state index in [0.717, 1.165) is 11.5 Å². The Labute approximate surface area is 164 Å². The molecule has 1 fully saturated rings. The highest BCUT2D eigenvalue weighted by atomic mass is 16.3. The molecule has 1 saturated heterocycles. The maximum atomic E-state index is 12.4. The van der Waals surface area contributed by atoms with Crippen LogP contribution in [-0.2, 0) is 0 Å². The number of nitrogens with zero attached hydrogens (tertiary/aromatic N) is 4. The van der Waals surface area contributed by atoms with Crippen molar-refractivity contribution in [3.8, 4) is 0 Å². The Morgan fingerprint density at radius 2 is 1.89 bits per heavy atom. The Hall–Kier alpha value is -3.35. The van der Waals surface area contributed by atoms with Gasteiger partial charge < -0.3 is 19.5 Å². The van der Waals surface area contributed by atoms with Gasteiger partial charge in [-0.1, -0.05) is 6.07 Å². The van der Waals surface area contributed by atoms with Gasteiger partial charge in [-0.2, -0.15) is 4.98 Å². The lowest BCUT2D eigenvalue weighted by Crippen LogP contribution is -2.49. The second-order valence-electron chi connectivity index (χ2n) is 6.92. The van der Waals surface area contributed by atoms with Crippen LogP contribution < -0.4 is 10.2 Å². The molecule has 7 heteroatoms. The van der Waals surface area contributed by atoms with Gasteiger partial charge in [0.15, 0.2) is 5.76 Å². The topological polar surface area (TPSA) is 74.5 Å². The molecule has 1 N–H and O–H groups in total. The second-order valence-corrected chi connectivity index (χ2v) is 6.92. The SMILES string of the molecule is Cc1ccc(Nc2ccnc(N3CCN(C(=O)c4ccco4)CC3)n2)cc1C. The summed E-state index contributed by atoms with van der Waals surface area (Å²) in [7, 11) is 0. The van der Waals surface area contributed by atoms with Crippen LogP contribution in [0.15, 0.2) is 53.3 Å². The zero-order valence-electron chi connectivity index (χ0n) is 16.1. The number of furan rings is 1. The summed E-state index contributed by atoms with van der Waals surface area (Å²) in [6, 6.07) is 11.5. The number of piperazine rings is 1. The summed E-state index contributed by atoms with van der Waals surface area (Å²) in [4.78, 5) is 25.3. The molecule has 0 bridgehead atoms. The molecule has 7 nitrogen and oxygen atoms in total. The third-order valence-corrected chi connectivity index (χ3v) is 5.00. The largest absolute Gasteiger partial charge is 0.459 e. The van der Waals surface area contributed by atoms with E-state index in [1.165, 1.54) is 17.4 Å². The van der Waals surface area contributed by atoms with Crippen LogP contribution in [0.1, 0.15) is 21.7 Å². The van der Waals surface area contributed by atoms with Crippen molar-refractivity contribution < 1.29 is 9.21 Å². The molecule has 0 unspecified atom stereocenters. The number of hydrogen-bond donors (Lipinski definition) is 1. The minimum Gasteiger partial charge on any atom is -0.459 e. The Morgan fingerprint density at radius 3 is 2.61 bits per heavy atom. The number of carbonyl (C=O) groups is 1. The summed E-state index contributed by atoms with van der Waals surface area (Å²) in [5, 5.41) is 3.34. The summed E-state index contributed by atoms with van der Waals surface area (Å²) in [6.07, 6.45) is 3.28. The van der Waals surface area contributed by atoms with E-state index >= 15 is 0 Å². The van der Waals surface area contributed by atoms with Crippen molar-refractivity contribution in [3.05, 3.63) is 65.7 Å². The molecule has 3 aromatic rings. The van der Waals surface area contributed by atoms with Crippen molar-refractivity contribution in [2.75, 3.05) is 36.4 Å². The van der Waals surface area contributed by atoms with Crippen LogP contribution in [0.25, 0.3) is 0 Å². The Morgan fingerprint density at radius 1 is 1.07 bits per heavy atom. The Balaban J connectivity index is 1.41. The molecule has 1 aliphatic heterocycles. The van der Waals surface area contributed by atoms with Gasteiger partial charge in [-0.15, -0.1) is 0 Å². The van der Waals surface area contributed by atoms with Gasteiger partial charge in [0.1, 0.15) is 5.82 Å². The zero-order chi connectivity index (χ0) is 19.5. The maximum absolute atomic E-state index is 12.4. The first kappa shape index (κ1) is 18.0. The maximum Gasteiger partial charge on any atom is 0.289 e. The Bertz CT molecular complexity index is 963. The van der Waals surface area contributed by atoms with E-state index in [4.69, 9.17) is 4.42 Å². The van der Waals surface area contributed by atoms with Crippen molar-refractivity contribution in [3.63, 3.8) is 0 Å². The van der Waals surface area contributed by atoms with Gasteiger partial charge in [0, 0.05) is 38.1 Å². The minimum absolute atomic E-state index is 0.0734. The van der Waals surface area contributed by atoms with Gasteiger partial charge in [0.25, 0.3) is 5.91 Å². The molecule has 144 valence electrons. The van der Waals surface area contributed by atoms with Crippen molar-refractivity contribution in [1.82, 2.24) is 14.9 Å². The molecular weight excluding hydrogens is 354 g/mol. The fraction of sp³-hybridized carbons (Fsp3) is 0.286. The average molecular weight is 377 g/mol. The lowest BCUT2D eigenvalue weighted by atomic mass is 10.1. The second kappa shape index (κ2) is 7.72. The first-order valence-electron chi connectivity index (χ1n) is 9.35. The number of benzene rings is 1. The van der Waals surface area contributed by atoms with Crippen LogP contribution in [0.3, 0.4) is 0 Å². The van der Waals surface area contributed by atoms with Crippen molar-refractivity contribution in [1.29, 1.82) is 0 Å². The number of aryl methyl sites for hydroxylation is 2. The number of carbonyl (C=O) groups excluding carboxylic acids is 1. The van der Waals surface area contributed by atoms with Crippen LogP contribution in [0, 0.1) is 13.8 Å². The predicted molar refractivity (Wildman–Crippen MR) is 108 cm³/mol. The summed E-state index contributed by atoms with van der Waals surface area (Å²) in [5.41, 5.74) is 3.49. The molecular formula is C21H23N5O2. The van der Waals surface area contributed by atoms with Crippen LogP contribution in [0.5, 0.6) is 0 Å². The van der Waals surface area contributed by atoms with Gasteiger partial charge in [0.2, 0.25) is 5.95 Å².